The predicted molar refractivity (Wildman–Crippen MR) is 188 cm³/mol. The summed E-state index contributed by atoms with van der Waals surface area (Å²) in [5, 5.41) is 19.7. The molecule has 4 saturated heterocycles. The van der Waals surface area contributed by atoms with Crippen molar-refractivity contribution in [2.75, 3.05) is 13.1 Å². The molecule has 2 aliphatic carbocycles. The first-order valence-electron chi connectivity index (χ1n) is 16.9. The Kier molecular flexibility index (Phi) is 15.3. The van der Waals surface area contributed by atoms with E-state index in [0.717, 1.165) is 51.4 Å². The Morgan fingerprint density at radius 2 is 1.34 bits per heavy atom. The fourth-order valence-electron chi connectivity index (χ4n) is 7.96. The van der Waals surface area contributed by atoms with Gasteiger partial charge in [-0.25, -0.2) is 13.1 Å². The molecule has 6 rings (SSSR count). The van der Waals surface area contributed by atoms with E-state index in [-0.39, 0.29) is 71.2 Å². The number of ether oxygens (including phenoxy) is 6. The molecule has 0 amide bonds. The van der Waals surface area contributed by atoms with Gasteiger partial charge in [0.05, 0.1) is 58.8 Å². The molecule has 2 spiro atoms. The number of halogens is 2. The minimum Gasteiger partial charge on any atom is -0.459 e. The van der Waals surface area contributed by atoms with E-state index >= 15 is 0 Å². The standard InChI is InChI=1S/C15H20BrNO4.C13H19NO4.C6H9BrO3.CH4/c1-9(18)19-14-11(16)7-15-8-12(14)20-13(15)4-3-10(21-15)5-6-17-2;1-14-5-4-8-2-3-11-13(18-8)6-9(15)12(16)10(7-13)17-11;1-4(8)10-6(2,3)5(7)9;/h10-14H,3-8H2,1H3;8-12,15-16H,2-7H2;1-3H3;1H4/t10-,11+,12-,13+,14-,15+;8-,9-,10-,11+,12?,13+;;/m11../s1. The zero-order valence-corrected chi connectivity index (χ0v) is 31.6. The van der Waals surface area contributed by atoms with Crippen LogP contribution in [-0.2, 0) is 42.8 Å². The number of carbonyl (C=O) groups is 3. The minimum atomic E-state index is -1.05. The lowest BCUT2D eigenvalue weighted by atomic mass is 9.76. The van der Waals surface area contributed by atoms with Crippen LogP contribution in [0, 0.1) is 13.1 Å². The molecule has 4 bridgehead atoms. The number of aliphatic hydroxyl groups is 2. The van der Waals surface area contributed by atoms with Gasteiger partial charge in [0.2, 0.25) is 17.8 Å². The van der Waals surface area contributed by atoms with Gasteiger partial charge in [0, 0.05) is 46.0 Å². The quantitative estimate of drug-likeness (QED) is 0.157. The lowest BCUT2D eigenvalue weighted by Crippen LogP contribution is -2.54. The molecule has 0 radical (unpaired) electrons. The molecule has 13 nitrogen and oxygen atoms in total. The molecule has 2 saturated carbocycles. The van der Waals surface area contributed by atoms with Gasteiger partial charge in [-0.15, -0.1) is 0 Å². The topological polar surface area (TPSA) is 156 Å². The Morgan fingerprint density at radius 1 is 0.840 bits per heavy atom. The van der Waals surface area contributed by atoms with Crippen LogP contribution in [0.2, 0.25) is 0 Å². The Balaban J connectivity index is 0.000000214. The molecule has 2 N–H and O–H groups in total. The van der Waals surface area contributed by atoms with Crippen molar-refractivity contribution in [3.63, 3.8) is 0 Å². The lowest BCUT2D eigenvalue weighted by Gasteiger charge is -2.44. The van der Waals surface area contributed by atoms with Crippen molar-refractivity contribution < 1.29 is 53.0 Å². The largest absolute Gasteiger partial charge is 0.459 e. The Bertz CT molecular complexity index is 1290. The Labute approximate surface area is 312 Å². The molecule has 4 aliphatic heterocycles. The fourth-order valence-corrected chi connectivity index (χ4v) is 9.04. The van der Waals surface area contributed by atoms with Crippen LogP contribution in [0.25, 0.3) is 9.69 Å². The molecular weight excluding hydrogens is 784 g/mol. The van der Waals surface area contributed by atoms with Gasteiger partial charge in [0.25, 0.3) is 0 Å². The maximum atomic E-state index is 11.3. The fraction of sp³-hybridized carbons (Fsp3) is 0.857. The number of alkyl halides is 1. The molecule has 50 heavy (non-hydrogen) atoms. The Hall–Kier alpha value is -1.69. The summed E-state index contributed by atoms with van der Waals surface area (Å²) in [5.74, 6) is -0.729. The molecule has 4 heterocycles. The number of fused-ring (bicyclic) bond motifs is 2. The van der Waals surface area contributed by atoms with Crippen LogP contribution >= 0.6 is 31.9 Å². The first kappa shape index (κ1) is 42.7. The van der Waals surface area contributed by atoms with Crippen LogP contribution in [0.3, 0.4) is 0 Å². The van der Waals surface area contributed by atoms with Gasteiger partial charge in [-0.2, -0.15) is 0 Å². The minimum absolute atomic E-state index is 0. The summed E-state index contributed by atoms with van der Waals surface area (Å²) in [6, 6.07) is 0. The molecule has 0 aromatic rings. The van der Waals surface area contributed by atoms with Gasteiger partial charge in [0.1, 0.15) is 12.2 Å². The first-order chi connectivity index (χ1) is 23.0. The van der Waals surface area contributed by atoms with E-state index in [4.69, 9.17) is 36.8 Å². The number of hydrogen-bond donors (Lipinski definition) is 2. The molecule has 1 unspecified atom stereocenters. The van der Waals surface area contributed by atoms with Gasteiger partial charge in [-0.3, -0.25) is 14.4 Å². The number of esters is 2. The molecular formula is C35H52Br2N2O11. The molecule has 6 aliphatic rings. The van der Waals surface area contributed by atoms with Gasteiger partial charge in [-0.1, -0.05) is 23.4 Å². The van der Waals surface area contributed by atoms with Crippen molar-refractivity contribution in [2.24, 2.45) is 0 Å². The SMILES string of the molecule is C.CC(=O)OC(C)(C)C(=O)Br.[C-]#[N+]CC[C@H]1CC[C@@H]2O[C@@H]3C[C@]2(C[C@@H](O)C3O)O1.[C-]#[N+]CC[C@H]1CC[C@@H]2O[C@@H]3C[C@]2(C[C@H](Br)[C@H]3OC(C)=O)O1. The zero-order chi connectivity index (χ0) is 36.1. The summed E-state index contributed by atoms with van der Waals surface area (Å²) in [5.41, 5.74) is -1.74. The average Bonchev–Trinajstić information content (AvgIpc) is 3.52. The zero-order valence-electron chi connectivity index (χ0n) is 28.5. The van der Waals surface area contributed by atoms with E-state index in [9.17, 15) is 24.6 Å². The molecule has 0 aromatic carbocycles. The van der Waals surface area contributed by atoms with Crippen LogP contribution < -0.4 is 0 Å². The van der Waals surface area contributed by atoms with Crippen LogP contribution in [0.5, 0.6) is 0 Å². The van der Waals surface area contributed by atoms with Crippen LogP contribution in [-0.4, -0.2) is 116 Å². The predicted octanol–water partition coefficient (Wildman–Crippen LogP) is 4.85. The molecule has 12 atom stereocenters. The van der Waals surface area contributed by atoms with Gasteiger partial charge in [-0.05, 0) is 61.9 Å². The van der Waals surface area contributed by atoms with E-state index in [2.05, 4.69) is 46.3 Å². The van der Waals surface area contributed by atoms with E-state index in [0.29, 0.717) is 25.9 Å². The number of rotatable bonds is 7. The van der Waals surface area contributed by atoms with E-state index in [1.807, 2.05) is 0 Å². The molecule has 6 fully saturated rings. The summed E-state index contributed by atoms with van der Waals surface area (Å²) in [4.78, 5) is 39.1. The summed E-state index contributed by atoms with van der Waals surface area (Å²) in [7, 11) is 0. The third kappa shape index (κ3) is 10.0. The summed E-state index contributed by atoms with van der Waals surface area (Å²) >= 11 is 6.36. The summed E-state index contributed by atoms with van der Waals surface area (Å²) < 4.78 is 34.2. The second-order valence-electron chi connectivity index (χ2n) is 14.3. The third-order valence-electron chi connectivity index (χ3n) is 10.1. The van der Waals surface area contributed by atoms with Gasteiger partial charge in [0.15, 0.2) is 5.60 Å². The number of hydrogen-bond acceptors (Lipinski definition) is 11. The third-order valence-corrected chi connectivity index (χ3v) is 11.9. The number of nitrogens with zero attached hydrogens (tertiary/aromatic N) is 2. The van der Waals surface area contributed by atoms with Crippen molar-refractivity contribution in [3.8, 4) is 0 Å². The molecule has 15 heteroatoms. The highest BCUT2D eigenvalue weighted by Crippen LogP contribution is 2.52. The van der Waals surface area contributed by atoms with E-state index in [1.54, 1.807) is 0 Å². The normalized spacial score (nSPS) is 39.2. The van der Waals surface area contributed by atoms with Crippen molar-refractivity contribution in [1.29, 1.82) is 0 Å². The van der Waals surface area contributed by atoms with Gasteiger partial charge >= 0.3 is 11.9 Å². The van der Waals surface area contributed by atoms with Crippen LogP contribution in [0.4, 0.5) is 0 Å². The van der Waals surface area contributed by atoms with Crippen LogP contribution in [0.1, 0.15) is 99.3 Å². The smallest absolute Gasteiger partial charge is 0.303 e. The second kappa shape index (κ2) is 17.9. The van der Waals surface area contributed by atoms with Crippen molar-refractivity contribution in [3.05, 3.63) is 22.8 Å². The molecule has 0 aromatic heterocycles. The average molecular weight is 837 g/mol. The number of aliphatic hydroxyl groups excluding tert-OH is 2. The van der Waals surface area contributed by atoms with E-state index in [1.165, 1.54) is 27.7 Å². The second-order valence-corrected chi connectivity index (χ2v) is 16.2. The highest BCUT2D eigenvalue weighted by Gasteiger charge is 2.61. The van der Waals surface area contributed by atoms with Crippen molar-refractivity contribution >= 4 is 48.5 Å². The Morgan fingerprint density at radius 3 is 1.80 bits per heavy atom. The maximum absolute atomic E-state index is 11.3. The maximum Gasteiger partial charge on any atom is 0.303 e. The van der Waals surface area contributed by atoms with Crippen LogP contribution in [0.15, 0.2) is 0 Å². The lowest BCUT2D eigenvalue weighted by molar-refractivity contribution is -0.177. The summed E-state index contributed by atoms with van der Waals surface area (Å²) in [6.45, 7) is 20.5. The van der Waals surface area contributed by atoms with Crippen molar-refractivity contribution in [2.45, 2.75) is 176 Å². The highest BCUT2D eigenvalue weighted by atomic mass is 79.9. The summed E-state index contributed by atoms with van der Waals surface area (Å²) in [6.07, 6.45) is 6.14. The van der Waals surface area contributed by atoms with Crippen molar-refractivity contribution in [1.82, 2.24) is 0 Å². The first-order valence-corrected chi connectivity index (χ1v) is 18.7. The van der Waals surface area contributed by atoms with E-state index < -0.39 is 29.4 Å². The molecule has 282 valence electrons. The monoisotopic (exact) mass is 834 g/mol. The number of carbonyl (C=O) groups excluding carboxylic acids is 3. The van der Waals surface area contributed by atoms with Gasteiger partial charge < -0.3 is 48.3 Å². The highest BCUT2D eigenvalue weighted by molar-refractivity contribution is 9.18.